The molecule has 0 fully saturated rings. The van der Waals surface area contributed by atoms with Crippen molar-refractivity contribution < 1.29 is 8.83 Å². The third kappa shape index (κ3) is 4.94. The number of hydrogen-bond acceptors (Lipinski definition) is 5. The maximum absolute atomic E-state index is 6.52. The Labute approximate surface area is 325 Å². The van der Waals surface area contributed by atoms with Crippen LogP contribution in [0.5, 0.6) is 0 Å². The van der Waals surface area contributed by atoms with Crippen LogP contribution >= 0.6 is 0 Å². The lowest BCUT2D eigenvalue weighted by molar-refractivity contribution is 0.668. The fourth-order valence-electron chi connectivity index (χ4n) is 8.47. The molecule has 0 N–H and O–H groups in total. The number of nitrogens with zero attached hydrogens (tertiary/aromatic N) is 4. The van der Waals surface area contributed by atoms with Gasteiger partial charge in [-0.05, 0) is 59.7 Å². The standard InChI is InChI=1S/C51H30N4O2/c1-2-13-31(14-3-1)32-15-10-16-34(29-32)55-42-23-7-4-17-35(42)36-28-27-33(30-43(36)55)49-52-50(40-21-12-26-46-47(40)39-19-6-9-25-45(39)56-46)54-51(53-49)41-22-11-20-38-37-18-5-8-24-44(37)57-48(38)41/h1-30H. The van der Waals surface area contributed by atoms with Crippen molar-refractivity contribution in [3.05, 3.63) is 182 Å². The van der Waals surface area contributed by atoms with Crippen molar-refractivity contribution in [1.82, 2.24) is 19.5 Å². The second kappa shape index (κ2) is 12.3. The second-order valence-electron chi connectivity index (χ2n) is 14.4. The molecule has 0 aliphatic carbocycles. The van der Waals surface area contributed by atoms with E-state index in [1.807, 2.05) is 60.7 Å². The Morgan fingerprint density at radius 2 is 0.965 bits per heavy atom. The molecule has 4 heterocycles. The van der Waals surface area contributed by atoms with E-state index in [0.29, 0.717) is 17.5 Å². The summed E-state index contributed by atoms with van der Waals surface area (Å²) >= 11 is 0. The average Bonchev–Trinajstić information content (AvgIpc) is 3.96. The summed E-state index contributed by atoms with van der Waals surface area (Å²) in [6, 6.07) is 62.8. The van der Waals surface area contributed by atoms with Crippen molar-refractivity contribution in [3.63, 3.8) is 0 Å². The minimum absolute atomic E-state index is 0.528. The van der Waals surface area contributed by atoms with Crippen LogP contribution in [0.15, 0.2) is 191 Å². The quantitative estimate of drug-likeness (QED) is 0.176. The van der Waals surface area contributed by atoms with Crippen LogP contribution in [-0.4, -0.2) is 19.5 Å². The van der Waals surface area contributed by atoms with E-state index in [9.17, 15) is 0 Å². The van der Waals surface area contributed by atoms with Gasteiger partial charge in [0.2, 0.25) is 0 Å². The average molecular weight is 731 g/mol. The van der Waals surface area contributed by atoms with Crippen molar-refractivity contribution in [2.75, 3.05) is 0 Å². The van der Waals surface area contributed by atoms with Gasteiger partial charge in [-0.3, -0.25) is 0 Å². The molecule has 0 atom stereocenters. The maximum Gasteiger partial charge on any atom is 0.167 e. The summed E-state index contributed by atoms with van der Waals surface area (Å²) in [6.07, 6.45) is 0. The molecular formula is C51H30N4O2. The number of benzene rings is 8. The summed E-state index contributed by atoms with van der Waals surface area (Å²) in [6.45, 7) is 0. The highest BCUT2D eigenvalue weighted by Gasteiger charge is 2.21. The summed E-state index contributed by atoms with van der Waals surface area (Å²) in [7, 11) is 0. The third-order valence-corrected chi connectivity index (χ3v) is 11.1. The molecule has 0 aliphatic heterocycles. The van der Waals surface area contributed by atoms with Crippen LogP contribution in [0, 0.1) is 0 Å². The van der Waals surface area contributed by atoms with Gasteiger partial charge in [-0.25, -0.2) is 15.0 Å². The summed E-state index contributed by atoms with van der Waals surface area (Å²) in [4.78, 5) is 15.8. The molecule has 57 heavy (non-hydrogen) atoms. The van der Waals surface area contributed by atoms with E-state index in [2.05, 4.69) is 126 Å². The van der Waals surface area contributed by atoms with Crippen LogP contribution in [0.4, 0.5) is 0 Å². The van der Waals surface area contributed by atoms with Gasteiger partial charge in [-0.2, -0.15) is 0 Å². The molecule has 0 bridgehead atoms. The molecule has 6 heteroatoms. The van der Waals surface area contributed by atoms with Crippen molar-refractivity contribution >= 4 is 65.7 Å². The number of fused-ring (bicyclic) bond motifs is 9. The summed E-state index contributed by atoms with van der Waals surface area (Å²) < 4.78 is 15.2. The molecule has 12 aromatic rings. The highest BCUT2D eigenvalue weighted by molar-refractivity contribution is 6.13. The first-order valence-electron chi connectivity index (χ1n) is 19.0. The molecule has 0 saturated carbocycles. The zero-order chi connectivity index (χ0) is 37.5. The van der Waals surface area contributed by atoms with Crippen LogP contribution in [0.25, 0.3) is 117 Å². The molecule has 8 aromatic carbocycles. The number of aromatic nitrogens is 4. The van der Waals surface area contributed by atoms with E-state index >= 15 is 0 Å². The normalized spacial score (nSPS) is 11.9. The van der Waals surface area contributed by atoms with Gasteiger partial charge in [0.15, 0.2) is 17.5 Å². The maximum atomic E-state index is 6.52. The van der Waals surface area contributed by atoms with E-state index in [4.69, 9.17) is 23.8 Å². The van der Waals surface area contributed by atoms with Crippen LogP contribution < -0.4 is 0 Å². The van der Waals surface area contributed by atoms with Crippen LogP contribution in [0.2, 0.25) is 0 Å². The van der Waals surface area contributed by atoms with E-state index < -0.39 is 0 Å². The van der Waals surface area contributed by atoms with Gasteiger partial charge in [0.05, 0.1) is 16.6 Å². The molecule has 12 rings (SSSR count). The summed E-state index contributed by atoms with van der Waals surface area (Å²) in [5.41, 5.74) is 11.3. The van der Waals surface area contributed by atoms with E-state index in [1.54, 1.807) is 0 Å². The van der Waals surface area contributed by atoms with E-state index in [0.717, 1.165) is 88.2 Å². The van der Waals surface area contributed by atoms with Gasteiger partial charge >= 0.3 is 0 Å². The van der Waals surface area contributed by atoms with Crippen molar-refractivity contribution in [1.29, 1.82) is 0 Å². The van der Waals surface area contributed by atoms with Crippen LogP contribution in [0.3, 0.4) is 0 Å². The Hall–Kier alpha value is -7.83. The van der Waals surface area contributed by atoms with Crippen molar-refractivity contribution in [2.24, 2.45) is 0 Å². The van der Waals surface area contributed by atoms with Crippen LogP contribution in [-0.2, 0) is 0 Å². The van der Waals surface area contributed by atoms with Crippen LogP contribution in [0.1, 0.15) is 0 Å². The third-order valence-electron chi connectivity index (χ3n) is 11.1. The predicted molar refractivity (Wildman–Crippen MR) is 230 cm³/mol. The Kier molecular flexibility index (Phi) is 6.83. The number of furan rings is 2. The fraction of sp³-hybridized carbons (Fsp3) is 0. The highest BCUT2D eigenvalue weighted by Crippen LogP contribution is 2.40. The van der Waals surface area contributed by atoms with E-state index in [-0.39, 0.29) is 0 Å². The summed E-state index contributed by atoms with van der Waals surface area (Å²) in [5.74, 6) is 1.64. The number of rotatable bonds is 5. The zero-order valence-electron chi connectivity index (χ0n) is 30.4. The molecule has 0 aliphatic rings. The Balaban J connectivity index is 1.12. The molecular weight excluding hydrogens is 701 g/mol. The Morgan fingerprint density at radius 1 is 0.351 bits per heavy atom. The second-order valence-corrected chi connectivity index (χ2v) is 14.4. The fourth-order valence-corrected chi connectivity index (χ4v) is 8.47. The van der Waals surface area contributed by atoms with E-state index in [1.165, 1.54) is 10.9 Å². The van der Waals surface area contributed by atoms with Gasteiger partial charge in [0.1, 0.15) is 22.3 Å². The molecule has 266 valence electrons. The van der Waals surface area contributed by atoms with Crippen molar-refractivity contribution in [3.8, 4) is 51.0 Å². The molecule has 0 amide bonds. The highest BCUT2D eigenvalue weighted by atomic mass is 16.3. The lowest BCUT2D eigenvalue weighted by Gasteiger charge is -2.12. The van der Waals surface area contributed by atoms with Gasteiger partial charge in [0.25, 0.3) is 0 Å². The monoisotopic (exact) mass is 730 g/mol. The van der Waals surface area contributed by atoms with Gasteiger partial charge in [-0.15, -0.1) is 0 Å². The first-order valence-corrected chi connectivity index (χ1v) is 19.0. The van der Waals surface area contributed by atoms with Gasteiger partial charge < -0.3 is 13.4 Å². The van der Waals surface area contributed by atoms with Crippen molar-refractivity contribution in [2.45, 2.75) is 0 Å². The number of hydrogen-bond donors (Lipinski definition) is 0. The Bertz CT molecular complexity index is 3540. The SMILES string of the molecule is c1ccc(-c2cccc(-n3c4ccccc4c4ccc(-c5nc(-c6cccc7c6oc6ccccc67)nc(-c6cccc7oc8ccccc8c67)n5)cc43)c2)cc1. The smallest absolute Gasteiger partial charge is 0.167 e. The summed E-state index contributed by atoms with van der Waals surface area (Å²) in [5, 5.41) is 6.36. The van der Waals surface area contributed by atoms with Gasteiger partial charge in [0, 0.05) is 49.1 Å². The topological polar surface area (TPSA) is 69.9 Å². The molecule has 6 nitrogen and oxygen atoms in total. The zero-order valence-corrected chi connectivity index (χ0v) is 30.4. The first kappa shape index (κ1) is 31.5. The molecule has 0 unspecified atom stereocenters. The molecule has 0 radical (unpaired) electrons. The predicted octanol–water partition coefficient (Wildman–Crippen LogP) is 13.4. The minimum atomic E-state index is 0.528. The minimum Gasteiger partial charge on any atom is -0.456 e. The lowest BCUT2D eigenvalue weighted by Crippen LogP contribution is -2.01. The molecule has 4 aromatic heterocycles. The largest absolute Gasteiger partial charge is 0.456 e. The molecule has 0 spiro atoms. The van der Waals surface area contributed by atoms with Gasteiger partial charge in [-0.1, -0.05) is 133 Å². The lowest BCUT2D eigenvalue weighted by atomic mass is 10.0. The molecule has 0 saturated heterocycles. The first-order chi connectivity index (χ1) is 28.2. The Morgan fingerprint density at radius 3 is 1.84 bits per heavy atom. The number of para-hydroxylation sites is 4.